The Labute approximate surface area is 772 Å². The van der Waals surface area contributed by atoms with Crippen LogP contribution in [0.25, 0.3) is 0 Å². The maximum absolute atomic E-state index is 16.0. The fourth-order valence-corrected chi connectivity index (χ4v) is 15.8. The second kappa shape index (κ2) is 55.3. The van der Waals surface area contributed by atoms with Crippen LogP contribution in [-0.2, 0) is 70.6 Å². The van der Waals surface area contributed by atoms with Crippen LogP contribution in [0.2, 0.25) is 0 Å². The van der Waals surface area contributed by atoms with E-state index in [2.05, 4.69) is 5.32 Å². The Morgan fingerprint density at radius 2 is 0.435 bits per heavy atom. The van der Waals surface area contributed by atoms with Gasteiger partial charge in [-0.05, 0) is 170 Å². The molecule has 0 spiro atoms. The zero-order valence-corrected chi connectivity index (χ0v) is 77.0. The average molecular weight is 1790 g/mol. The second-order valence-corrected chi connectivity index (χ2v) is 33.2. The third-order valence-electron chi connectivity index (χ3n) is 23.8. The van der Waals surface area contributed by atoms with Crippen LogP contribution in [-0.4, -0.2) is 256 Å². The number of carbonyl (C=O) groups is 12. The van der Waals surface area contributed by atoms with Gasteiger partial charge in [-0.2, -0.15) is 0 Å². The fraction of sp³-hybridized carbons (Fsp3) is 0.412. The minimum Gasteiger partial charge on any atom is -0.368 e. The summed E-state index contributed by atoms with van der Waals surface area (Å²) in [6.45, 7) is 6.43. The number of hydrogen-bond donors (Lipinski definition) is 6. The van der Waals surface area contributed by atoms with Gasteiger partial charge in [0.25, 0.3) is 0 Å². The Bertz CT molecular complexity index is 4870. The summed E-state index contributed by atoms with van der Waals surface area (Å²) in [6.07, 6.45) is 3.91. The largest absolute Gasteiger partial charge is 0.368 e. The molecule has 8 rings (SSSR count). The van der Waals surface area contributed by atoms with Crippen molar-refractivity contribution in [2.75, 3.05) is 131 Å². The molecule has 8 aromatic carbocycles. The Balaban J connectivity index is 1.11. The number of rotatable bonds is 56. The molecule has 29 heteroatoms. The maximum atomic E-state index is 16.0. The minimum absolute atomic E-state index is 0.0143. The first-order valence-electron chi connectivity index (χ1n) is 45.6. The number of hydrogen-bond acceptors (Lipinski definition) is 17. The van der Waals surface area contributed by atoms with Gasteiger partial charge in [-0.1, -0.05) is 243 Å². The normalized spacial score (nSPS) is 12.4. The molecule has 6 atom stereocenters. The topological polar surface area (TPSA) is 383 Å². The molecular weight excluding hydrogens is 1660 g/mol. The Kier molecular flexibility index (Phi) is 43.7. The van der Waals surface area contributed by atoms with Crippen LogP contribution in [0.1, 0.15) is 174 Å². The summed E-state index contributed by atoms with van der Waals surface area (Å²) in [5, 5.41) is 3.18. The molecule has 0 fully saturated rings. The van der Waals surface area contributed by atoms with Gasteiger partial charge in [0.1, 0.15) is 45.8 Å². The molecule has 0 unspecified atom stereocenters. The molecule has 700 valence electrons. The molecule has 8 aromatic rings. The molecular formula is C102H135N17O12. The number of nitrogens with zero attached hydrogens (tertiary/aromatic N) is 11. The highest BCUT2D eigenvalue weighted by Gasteiger charge is 2.39. The van der Waals surface area contributed by atoms with Gasteiger partial charge in [-0.3, -0.25) is 57.5 Å². The molecule has 131 heavy (non-hydrogen) atoms. The number of amides is 12. The summed E-state index contributed by atoms with van der Waals surface area (Å²) in [6, 6.07) is 67.9. The lowest BCUT2D eigenvalue weighted by atomic mass is 10.0. The van der Waals surface area contributed by atoms with Gasteiger partial charge in [-0.25, -0.2) is 0 Å². The van der Waals surface area contributed by atoms with Gasteiger partial charge < -0.3 is 87.9 Å². The first-order valence-corrected chi connectivity index (χ1v) is 45.6. The standard InChI is InChI=1S/C102H135N17O12/c1-77(85-43-19-9-20-44-85)114(66-91(107)120)100(129)74-117(80(4)88-49-25-12-26-50-88)98(127)70-110(61-37-33-57-105)95(124)72-116(79(3)87-47-23-11-24-48-87)102(131)76-119(82(6)90-53-29-14-30-54-90)99(128)71-111(62-38-34-58-106)96(125)73-115(78(2)86-45-21-10-22-46-86)101(130)75-118(81(5)89-51-27-13-28-52-89)97(126)69-109(60-36-32-56-104)93(122)67-113(65-84-41-17-8-18-42-84)94(123)68-112(64-83-39-15-7-16-40-83)92(121)63-108-59-35-31-55-103/h7-30,39-54,77-82,108H,31-38,55-76,103-106H2,1-6H3,(H2,107,120)/t77-,78-,79-,80-,81-,82-/m0/s1. The van der Waals surface area contributed by atoms with Crippen LogP contribution < -0.4 is 34.0 Å². The molecule has 0 bridgehead atoms. The van der Waals surface area contributed by atoms with Crippen LogP contribution in [0.15, 0.2) is 243 Å². The first kappa shape index (κ1) is 104. The van der Waals surface area contributed by atoms with Crippen LogP contribution in [0.3, 0.4) is 0 Å². The molecule has 0 aliphatic carbocycles. The molecule has 11 N–H and O–H groups in total. The molecule has 0 saturated carbocycles. The highest BCUT2D eigenvalue weighted by Crippen LogP contribution is 2.30. The Morgan fingerprint density at radius 3 is 0.687 bits per heavy atom. The van der Waals surface area contributed by atoms with E-state index >= 15 is 38.4 Å². The van der Waals surface area contributed by atoms with Gasteiger partial charge in [0, 0.05) is 32.7 Å². The minimum atomic E-state index is -0.852. The Morgan fingerprint density at radius 1 is 0.237 bits per heavy atom. The monoisotopic (exact) mass is 1790 g/mol. The van der Waals surface area contributed by atoms with E-state index in [1.54, 1.807) is 114 Å². The summed E-state index contributed by atoms with van der Waals surface area (Å²) in [5.74, 6) is -7.32. The third kappa shape index (κ3) is 33.0. The van der Waals surface area contributed by atoms with Crippen molar-refractivity contribution < 1.29 is 57.5 Å². The summed E-state index contributed by atoms with van der Waals surface area (Å²) in [4.78, 5) is 197. The van der Waals surface area contributed by atoms with Crippen molar-refractivity contribution in [1.29, 1.82) is 0 Å². The molecule has 0 aromatic heterocycles. The number of nitrogens with one attached hydrogen (secondary N) is 1. The summed E-state index contributed by atoms with van der Waals surface area (Å²) >= 11 is 0. The van der Waals surface area contributed by atoms with Crippen LogP contribution in [0.5, 0.6) is 0 Å². The smallest absolute Gasteiger partial charge is 0.243 e. The van der Waals surface area contributed by atoms with Crippen molar-refractivity contribution >= 4 is 70.9 Å². The van der Waals surface area contributed by atoms with Gasteiger partial charge in [-0.15, -0.1) is 0 Å². The maximum Gasteiger partial charge on any atom is 0.243 e. The van der Waals surface area contributed by atoms with Crippen LogP contribution in [0.4, 0.5) is 0 Å². The average Bonchev–Trinajstić information content (AvgIpc) is 0.820. The molecule has 0 aliphatic rings. The highest BCUT2D eigenvalue weighted by atomic mass is 16.2. The van der Waals surface area contributed by atoms with E-state index in [1.807, 2.05) is 170 Å². The summed E-state index contributed by atoms with van der Waals surface area (Å²) < 4.78 is 0. The molecule has 29 nitrogen and oxygen atoms in total. The quantitative estimate of drug-likeness (QED) is 0.0193. The number of primary amides is 1. The molecule has 0 heterocycles. The van der Waals surface area contributed by atoms with Gasteiger partial charge >= 0.3 is 0 Å². The predicted molar refractivity (Wildman–Crippen MR) is 508 cm³/mol. The molecule has 12 amide bonds. The van der Waals surface area contributed by atoms with Crippen LogP contribution in [0, 0.1) is 0 Å². The fourth-order valence-electron chi connectivity index (χ4n) is 15.8. The number of nitrogens with two attached hydrogens (primary N) is 5. The van der Waals surface area contributed by atoms with Gasteiger partial charge in [0.05, 0.1) is 69.0 Å². The summed E-state index contributed by atoms with van der Waals surface area (Å²) in [7, 11) is 0. The lowest BCUT2D eigenvalue weighted by molar-refractivity contribution is -0.152. The second-order valence-electron chi connectivity index (χ2n) is 33.2. The molecule has 0 aliphatic heterocycles. The number of unbranched alkanes of at least 4 members (excludes halogenated alkanes) is 4. The lowest BCUT2D eigenvalue weighted by Crippen LogP contribution is -2.53. The van der Waals surface area contributed by atoms with Crippen molar-refractivity contribution in [3.63, 3.8) is 0 Å². The summed E-state index contributed by atoms with van der Waals surface area (Å²) in [5.41, 5.74) is 35.2. The van der Waals surface area contributed by atoms with E-state index in [0.29, 0.717) is 85.0 Å². The van der Waals surface area contributed by atoms with E-state index in [9.17, 15) is 19.2 Å². The predicted octanol–water partition coefficient (Wildman–Crippen LogP) is 9.10. The zero-order valence-electron chi connectivity index (χ0n) is 77.0. The SMILES string of the molecule is C[C@@H](c1ccccc1)N(CC(N)=O)C(=O)CN(C(=O)CN(CCCCN)C(=O)CN(C(=O)CN(C(=O)CN(CCCCN)C(=O)CN(C(=O)CN(C(=O)CN(CCCCN)C(=O)CN(Cc1ccccc1)C(=O)CN(Cc1ccccc1)C(=O)CNCCCCN)[C@@H](C)c1ccccc1)[C@@H](C)c1ccccc1)[C@@H](C)c1ccccc1)[C@@H](C)c1ccccc1)[C@@H](C)c1ccccc1. The number of benzene rings is 8. The molecule has 0 radical (unpaired) electrons. The van der Waals surface area contributed by atoms with E-state index in [0.717, 1.165) is 24.0 Å². The van der Waals surface area contributed by atoms with Crippen molar-refractivity contribution in [3.8, 4) is 0 Å². The van der Waals surface area contributed by atoms with Crippen LogP contribution >= 0.6 is 0 Å². The van der Waals surface area contributed by atoms with Crippen molar-refractivity contribution in [3.05, 3.63) is 287 Å². The van der Waals surface area contributed by atoms with Crippen molar-refractivity contribution in [2.45, 2.75) is 142 Å². The van der Waals surface area contributed by atoms with E-state index in [1.165, 1.54) is 53.9 Å². The number of carbonyl (C=O) groups excluding carboxylic acids is 12. The van der Waals surface area contributed by atoms with Gasteiger partial charge in [0.2, 0.25) is 70.9 Å². The lowest BCUT2D eigenvalue weighted by Gasteiger charge is -2.38. The van der Waals surface area contributed by atoms with Crippen molar-refractivity contribution in [1.82, 2.24) is 59.2 Å². The Hall–Kier alpha value is -12.8. The zero-order chi connectivity index (χ0) is 94.6. The molecule has 0 saturated heterocycles. The third-order valence-corrected chi connectivity index (χ3v) is 23.8. The van der Waals surface area contributed by atoms with Gasteiger partial charge in [0.15, 0.2) is 0 Å². The van der Waals surface area contributed by atoms with E-state index in [-0.39, 0.29) is 71.4 Å². The van der Waals surface area contributed by atoms with E-state index in [4.69, 9.17) is 28.7 Å². The van der Waals surface area contributed by atoms with Crippen molar-refractivity contribution in [2.24, 2.45) is 28.7 Å². The van der Waals surface area contributed by atoms with E-state index < -0.39 is 167 Å². The highest BCUT2D eigenvalue weighted by molar-refractivity contribution is 5.96. The first-order chi connectivity index (χ1) is 63.2.